The summed E-state index contributed by atoms with van der Waals surface area (Å²) in [6, 6.07) is 112. The average Bonchev–Trinajstić information content (AvgIpc) is 1.78. The highest BCUT2D eigenvalue weighted by atomic mass is 15.0. The maximum atomic E-state index is 5.37. The van der Waals surface area contributed by atoms with E-state index in [0.717, 1.165) is 89.1 Å². The van der Waals surface area contributed by atoms with E-state index in [1.807, 2.05) is 0 Å². The Morgan fingerprint density at radius 1 is 0.209 bits per heavy atom. The minimum absolute atomic E-state index is 0.974. The van der Waals surface area contributed by atoms with Crippen LogP contribution < -0.4 is 0 Å². The molecule has 86 heavy (non-hydrogen) atoms. The molecular weight excluding hydrogens is 1040 g/mol. The van der Waals surface area contributed by atoms with Crippen LogP contribution in [0.3, 0.4) is 0 Å². The Balaban J connectivity index is 0.000000135. The van der Waals surface area contributed by atoms with E-state index in [2.05, 4.69) is 334 Å². The van der Waals surface area contributed by atoms with Gasteiger partial charge in [-0.05, 0) is 131 Å². The molecule has 0 aliphatic heterocycles. The van der Waals surface area contributed by atoms with E-state index in [-0.39, 0.29) is 0 Å². The van der Waals surface area contributed by atoms with Crippen LogP contribution in [0.1, 0.15) is 0 Å². The van der Waals surface area contributed by atoms with Crippen molar-refractivity contribution in [2.24, 2.45) is 0 Å². The van der Waals surface area contributed by atoms with Crippen molar-refractivity contribution in [3.05, 3.63) is 315 Å². The van der Waals surface area contributed by atoms with Crippen LogP contribution in [-0.4, -0.2) is 28.2 Å². The van der Waals surface area contributed by atoms with Crippen LogP contribution in [0.4, 0.5) is 0 Å². The fourth-order valence-corrected chi connectivity index (χ4v) is 13.4. The van der Waals surface area contributed by atoms with E-state index in [1.54, 1.807) is 0 Å². The van der Waals surface area contributed by atoms with Crippen LogP contribution in [0.2, 0.25) is 0 Å². The summed E-state index contributed by atoms with van der Waals surface area (Å²) < 4.78 is 9.39. The lowest BCUT2D eigenvalue weighted by atomic mass is 10.0. The van der Waals surface area contributed by atoms with Crippen molar-refractivity contribution in [2.75, 3.05) is 0 Å². The summed E-state index contributed by atoms with van der Waals surface area (Å²) >= 11 is 0. The van der Waals surface area contributed by atoms with Gasteiger partial charge in [0.2, 0.25) is 0 Å². The van der Waals surface area contributed by atoms with Gasteiger partial charge in [0.1, 0.15) is 0 Å². The molecular formula is C80H52N6. The van der Waals surface area contributed by atoms with E-state index >= 15 is 0 Å². The fourth-order valence-electron chi connectivity index (χ4n) is 13.4. The smallest absolute Gasteiger partial charge is 0.0970 e. The van der Waals surface area contributed by atoms with Crippen molar-refractivity contribution in [1.82, 2.24) is 28.2 Å². The monoisotopic (exact) mass is 1100 g/mol. The molecule has 6 heterocycles. The summed E-state index contributed by atoms with van der Waals surface area (Å²) in [6.45, 7) is 0. The molecule has 18 aromatic rings. The van der Waals surface area contributed by atoms with Crippen molar-refractivity contribution in [2.45, 2.75) is 0 Å². The van der Waals surface area contributed by atoms with Gasteiger partial charge in [0, 0.05) is 66.2 Å². The molecule has 0 spiro atoms. The first-order valence-corrected chi connectivity index (χ1v) is 29.3. The Morgan fingerprint density at radius 3 is 1.08 bits per heavy atom. The van der Waals surface area contributed by atoms with Gasteiger partial charge >= 0.3 is 0 Å². The minimum Gasteiger partial charge on any atom is -0.309 e. The summed E-state index contributed by atoms with van der Waals surface area (Å²) in [5, 5.41) is 9.68. The number of aromatic nitrogens is 6. The van der Waals surface area contributed by atoms with Gasteiger partial charge in [-0.15, -0.1) is 0 Å². The second-order valence-electron chi connectivity index (χ2n) is 22.1. The van der Waals surface area contributed by atoms with Gasteiger partial charge in [0.05, 0.1) is 66.6 Å². The molecule has 12 aromatic carbocycles. The van der Waals surface area contributed by atoms with Gasteiger partial charge in [-0.3, -0.25) is 0 Å². The second-order valence-corrected chi connectivity index (χ2v) is 22.1. The Morgan fingerprint density at radius 2 is 0.570 bits per heavy atom. The van der Waals surface area contributed by atoms with Gasteiger partial charge in [0.15, 0.2) is 0 Å². The number of rotatable bonds is 7. The number of para-hydroxylation sites is 6. The van der Waals surface area contributed by atoms with E-state index in [4.69, 9.17) is 9.97 Å². The molecule has 0 fully saturated rings. The largest absolute Gasteiger partial charge is 0.309 e. The number of fused-ring (bicyclic) bond motifs is 13. The summed E-state index contributed by atoms with van der Waals surface area (Å²) in [5.41, 5.74) is 22.5. The fraction of sp³-hybridized carbons (Fsp3) is 0. The molecule has 0 radical (unpaired) electrons. The van der Waals surface area contributed by atoms with Gasteiger partial charge < -0.3 is 18.3 Å². The molecule has 0 atom stereocenters. The third kappa shape index (κ3) is 7.88. The highest BCUT2D eigenvalue weighted by Gasteiger charge is 2.22. The normalized spacial score (nSPS) is 11.7. The third-order valence-electron chi connectivity index (χ3n) is 17.2. The van der Waals surface area contributed by atoms with Crippen LogP contribution >= 0.6 is 0 Å². The highest BCUT2D eigenvalue weighted by Crippen LogP contribution is 2.43. The lowest BCUT2D eigenvalue weighted by Gasteiger charge is -2.10. The lowest BCUT2D eigenvalue weighted by molar-refractivity contribution is 1.17. The van der Waals surface area contributed by atoms with Crippen LogP contribution in [0, 0.1) is 0 Å². The number of pyridine rings is 2. The molecule has 0 saturated heterocycles. The first-order valence-electron chi connectivity index (χ1n) is 29.3. The third-order valence-corrected chi connectivity index (χ3v) is 17.2. The Labute approximate surface area is 495 Å². The maximum absolute atomic E-state index is 5.37. The molecule has 6 heteroatoms. The van der Waals surface area contributed by atoms with E-state index in [0.29, 0.717) is 0 Å². The first kappa shape index (κ1) is 49.0. The average molecular weight is 1100 g/mol. The molecule has 0 unspecified atom stereocenters. The molecule has 18 rings (SSSR count). The standard InChI is InChI=1S/C41H27N3.C39H25N3/c1-3-12-28(13-4-1)29-22-24-31(25-23-29)43-36-19-9-7-16-33(36)40-32(18-11-21-38(40)43)35-26-27-39-41(42-35)34-17-8-10-20-37(34)44(39)30-14-5-2-6-15-30;1-2-13-28(14-3-1)41-35-19-9-7-16-32(35)39-37(41)24-23-33(40-39)30-17-10-20-36-38(30)31-15-6-8-18-34(31)42(36)29-22-21-26-11-4-5-12-27(26)25-29/h1-27H;1-25H. The topological polar surface area (TPSA) is 45.5 Å². The van der Waals surface area contributed by atoms with Crippen molar-refractivity contribution in [3.8, 4) is 56.4 Å². The lowest BCUT2D eigenvalue weighted by Crippen LogP contribution is -1.94. The van der Waals surface area contributed by atoms with Crippen LogP contribution in [-0.2, 0) is 0 Å². The highest BCUT2D eigenvalue weighted by molar-refractivity contribution is 6.18. The first-order chi connectivity index (χ1) is 42.7. The van der Waals surface area contributed by atoms with Crippen LogP contribution in [0.25, 0.3) is 155 Å². The Kier molecular flexibility index (Phi) is 11.5. The molecule has 0 bridgehead atoms. The van der Waals surface area contributed by atoms with Gasteiger partial charge in [-0.1, -0.05) is 206 Å². The van der Waals surface area contributed by atoms with Crippen molar-refractivity contribution in [1.29, 1.82) is 0 Å². The molecule has 6 aromatic heterocycles. The van der Waals surface area contributed by atoms with Crippen LogP contribution in [0.5, 0.6) is 0 Å². The molecule has 0 saturated carbocycles. The predicted molar refractivity (Wildman–Crippen MR) is 360 cm³/mol. The number of hydrogen-bond donors (Lipinski definition) is 0. The van der Waals surface area contributed by atoms with Crippen molar-refractivity contribution in [3.63, 3.8) is 0 Å². The molecule has 0 aliphatic rings. The molecule has 6 nitrogen and oxygen atoms in total. The van der Waals surface area contributed by atoms with Crippen molar-refractivity contribution < 1.29 is 0 Å². The number of nitrogens with zero attached hydrogens (tertiary/aromatic N) is 6. The molecule has 402 valence electrons. The van der Waals surface area contributed by atoms with Crippen molar-refractivity contribution >= 4 is 98.3 Å². The van der Waals surface area contributed by atoms with Gasteiger partial charge in [0.25, 0.3) is 0 Å². The quantitative estimate of drug-likeness (QED) is 0.160. The summed E-state index contributed by atoms with van der Waals surface area (Å²) in [7, 11) is 0. The molecule has 0 aliphatic carbocycles. The molecule has 0 amide bonds. The second kappa shape index (κ2) is 20.1. The number of hydrogen-bond acceptors (Lipinski definition) is 2. The zero-order valence-corrected chi connectivity index (χ0v) is 46.7. The predicted octanol–water partition coefficient (Wildman–Crippen LogP) is 20.7. The maximum Gasteiger partial charge on any atom is 0.0970 e. The minimum atomic E-state index is 0.974. The van der Waals surface area contributed by atoms with E-state index < -0.39 is 0 Å². The van der Waals surface area contributed by atoms with Gasteiger partial charge in [-0.2, -0.15) is 0 Å². The Hall–Kier alpha value is -11.6. The van der Waals surface area contributed by atoms with E-state index in [9.17, 15) is 0 Å². The summed E-state index contributed by atoms with van der Waals surface area (Å²) in [5.74, 6) is 0. The zero-order valence-electron chi connectivity index (χ0n) is 46.7. The van der Waals surface area contributed by atoms with Crippen LogP contribution in [0.15, 0.2) is 315 Å². The van der Waals surface area contributed by atoms with E-state index in [1.165, 1.54) is 65.5 Å². The summed E-state index contributed by atoms with van der Waals surface area (Å²) in [4.78, 5) is 10.7. The SMILES string of the molecule is c1ccc(-c2ccc(-n3c4ccccc4c4c(-c5ccc6c(n5)c5ccccc5n6-c5ccccc5)cccc43)cc2)cc1.c1ccc(-n2c3ccccc3c3nc(-c4cccc5c4c4ccccc4n5-c4ccc5ccccc5c4)ccc32)cc1. The zero-order chi connectivity index (χ0) is 56.7. The molecule has 0 N–H and O–H groups in total. The van der Waals surface area contributed by atoms with Gasteiger partial charge in [-0.25, -0.2) is 9.97 Å². The summed E-state index contributed by atoms with van der Waals surface area (Å²) in [6.07, 6.45) is 0. The Bertz CT molecular complexity index is 5630. The number of benzene rings is 12.